The molecule has 0 atom stereocenters. The summed E-state index contributed by atoms with van der Waals surface area (Å²) in [5.74, 6) is 0.461. The Morgan fingerprint density at radius 3 is 2.53 bits per heavy atom. The number of hydrogen-bond donors (Lipinski definition) is 2. The van der Waals surface area contributed by atoms with Crippen LogP contribution >= 0.6 is 27.3 Å². The minimum absolute atomic E-state index is 0.132. The first-order valence-corrected chi connectivity index (χ1v) is 7.89. The lowest BCUT2D eigenvalue weighted by Crippen LogP contribution is -2.49. The van der Waals surface area contributed by atoms with Gasteiger partial charge in [-0.25, -0.2) is 0 Å². The fourth-order valence-corrected chi connectivity index (χ4v) is 3.34. The Hall–Kier alpha value is -0.590. The van der Waals surface area contributed by atoms with Crippen molar-refractivity contribution in [1.82, 2.24) is 5.32 Å². The molecule has 0 aromatic carbocycles. The quantitative estimate of drug-likeness (QED) is 0.830. The van der Waals surface area contributed by atoms with Crippen LogP contribution in [0.2, 0.25) is 0 Å². The highest BCUT2D eigenvalue weighted by atomic mass is 79.9. The van der Waals surface area contributed by atoms with E-state index in [0.29, 0.717) is 17.2 Å². The molecule has 19 heavy (non-hydrogen) atoms. The third-order valence-electron chi connectivity index (χ3n) is 3.39. The highest BCUT2D eigenvalue weighted by molar-refractivity contribution is 9.10. The first kappa shape index (κ1) is 16.5. The topological polar surface area (TPSA) is 64.3 Å². The van der Waals surface area contributed by atoms with Crippen molar-refractivity contribution in [2.45, 2.75) is 39.2 Å². The fourth-order valence-electron chi connectivity index (χ4n) is 1.67. The number of amides is 1. The van der Waals surface area contributed by atoms with Gasteiger partial charge in [-0.2, -0.15) is 0 Å². The van der Waals surface area contributed by atoms with Crippen molar-refractivity contribution in [3.63, 3.8) is 0 Å². The largest absolute Gasteiger partial charge is 0.494 e. The molecule has 4 nitrogen and oxygen atoms in total. The molecule has 3 N–H and O–H groups in total. The molecule has 0 aliphatic carbocycles. The van der Waals surface area contributed by atoms with Crippen LogP contribution in [0.4, 0.5) is 0 Å². The number of nitrogens with two attached hydrogens (primary N) is 1. The summed E-state index contributed by atoms with van der Waals surface area (Å²) >= 11 is 4.84. The minimum Gasteiger partial charge on any atom is -0.494 e. The monoisotopic (exact) mass is 348 g/mol. The molecule has 0 aliphatic rings. The molecule has 1 aromatic rings. The Morgan fingerprint density at radius 1 is 1.47 bits per heavy atom. The summed E-state index contributed by atoms with van der Waals surface area (Å²) in [6.45, 7) is 6.47. The predicted molar refractivity (Wildman–Crippen MR) is 83.1 cm³/mol. The van der Waals surface area contributed by atoms with Crippen molar-refractivity contribution in [3.8, 4) is 5.75 Å². The van der Waals surface area contributed by atoms with Gasteiger partial charge in [0, 0.05) is 17.0 Å². The number of carbonyl (C=O) groups is 1. The number of halogens is 1. The van der Waals surface area contributed by atoms with Gasteiger partial charge >= 0.3 is 0 Å². The highest BCUT2D eigenvalue weighted by Gasteiger charge is 2.24. The summed E-state index contributed by atoms with van der Waals surface area (Å²) in [6.07, 6.45) is 1.65. The molecule has 0 bridgehead atoms. The molecule has 1 amide bonds. The van der Waals surface area contributed by atoms with E-state index in [2.05, 4.69) is 21.2 Å². The number of carbonyl (C=O) groups excluding carboxylic acids is 1. The van der Waals surface area contributed by atoms with E-state index in [-0.39, 0.29) is 11.4 Å². The number of nitrogens with one attached hydrogen (secondary N) is 1. The number of aryl methyl sites for hydroxylation is 1. The van der Waals surface area contributed by atoms with Gasteiger partial charge in [-0.05, 0) is 35.7 Å². The molecule has 0 saturated carbocycles. The van der Waals surface area contributed by atoms with Gasteiger partial charge in [-0.3, -0.25) is 4.79 Å². The SMILES string of the molecule is CCC(N)(CC)CNC(=O)c1sc(C)c(Br)c1OC. The third-order valence-corrected chi connectivity index (χ3v) is 5.69. The first-order chi connectivity index (χ1) is 8.88. The molecule has 1 heterocycles. The molecule has 0 saturated heterocycles. The van der Waals surface area contributed by atoms with Crippen molar-refractivity contribution < 1.29 is 9.53 Å². The van der Waals surface area contributed by atoms with Crippen LogP contribution in [0.1, 0.15) is 41.2 Å². The molecule has 1 rings (SSSR count). The van der Waals surface area contributed by atoms with Crippen molar-refractivity contribution in [2.75, 3.05) is 13.7 Å². The Morgan fingerprint density at radius 2 is 2.05 bits per heavy atom. The standard InChI is InChI=1S/C13H21BrN2O2S/c1-5-13(15,6-2)7-16-12(17)11-10(18-4)9(14)8(3)19-11/h5-7,15H2,1-4H3,(H,16,17). The van der Waals surface area contributed by atoms with E-state index in [1.165, 1.54) is 11.3 Å². The normalized spacial score (nSPS) is 11.5. The molecule has 0 radical (unpaired) electrons. The van der Waals surface area contributed by atoms with Gasteiger partial charge in [0.25, 0.3) is 5.91 Å². The summed E-state index contributed by atoms with van der Waals surface area (Å²) < 4.78 is 6.12. The molecule has 0 unspecified atom stereocenters. The molecular weight excluding hydrogens is 328 g/mol. The second kappa shape index (κ2) is 6.72. The first-order valence-electron chi connectivity index (χ1n) is 6.28. The predicted octanol–water partition coefficient (Wildman–Crippen LogP) is 3.07. The van der Waals surface area contributed by atoms with E-state index in [1.807, 2.05) is 20.8 Å². The summed E-state index contributed by atoms with van der Waals surface area (Å²) in [7, 11) is 1.56. The van der Waals surface area contributed by atoms with Crippen LogP contribution in [-0.2, 0) is 0 Å². The third kappa shape index (κ3) is 3.70. The highest BCUT2D eigenvalue weighted by Crippen LogP contribution is 2.38. The van der Waals surface area contributed by atoms with Crippen molar-refractivity contribution in [2.24, 2.45) is 5.73 Å². The molecule has 0 aliphatic heterocycles. The number of thiophene rings is 1. The summed E-state index contributed by atoms with van der Waals surface area (Å²) in [4.78, 5) is 13.8. The Balaban J connectivity index is 2.82. The Kier molecular flexibility index (Phi) is 5.82. The number of ether oxygens (including phenoxy) is 1. The zero-order chi connectivity index (χ0) is 14.6. The summed E-state index contributed by atoms with van der Waals surface area (Å²) in [6, 6.07) is 0. The van der Waals surface area contributed by atoms with Gasteiger partial charge in [-0.1, -0.05) is 13.8 Å². The average Bonchev–Trinajstić information content (AvgIpc) is 2.71. The molecule has 6 heteroatoms. The second-order valence-electron chi connectivity index (χ2n) is 4.59. The fraction of sp³-hybridized carbons (Fsp3) is 0.615. The number of methoxy groups -OCH3 is 1. The maximum absolute atomic E-state index is 12.2. The molecular formula is C13H21BrN2O2S. The molecule has 0 fully saturated rings. The lowest BCUT2D eigenvalue weighted by Gasteiger charge is -2.26. The van der Waals surface area contributed by atoms with Gasteiger partial charge < -0.3 is 15.8 Å². The van der Waals surface area contributed by atoms with Crippen molar-refractivity contribution >= 4 is 33.2 Å². The zero-order valence-corrected chi connectivity index (χ0v) is 14.2. The molecule has 1 aromatic heterocycles. The zero-order valence-electron chi connectivity index (χ0n) is 11.8. The van der Waals surface area contributed by atoms with E-state index in [1.54, 1.807) is 7.11 Å². The summed E-state index contributed by atoms with van der Waals surface area (Å²) in [5.41, 5.74) is 5.84. The molecule has 108 valence electrons. The van der Waals surface area contributed by atoms with Crippen LogP contribution in [0.5, 0.6) is 5.75 Å². The lowest BCUT2D eigenvalue weighted by atomic mass is 9.94. The van der Waals surface area contributed by atoms with Crippen molar-refractivity contribution in [1.29, 1.82) is 0 Å². The van der Waals surface area contributed by atoms with Crippen LogP contribution in [-0.4, -0.2) is 25.1 Å². The Bertz CT molecular complexity index is 456. The van der Waals surface area contributed by atoms with E-state index in [9.17, 15) is 4.79 Å². The number of rotatable bonds is 6. The van der Waals surface area contributed by atoms with Crippen molar-refractivity contribution in [3.05, 3.63) is 14.2 Å². The van der Waals surface area contributed by atoms with Crippen LogP contribution in [0, 0.1) is 6.92 Å². The number of hydrogen-bond acceptors (Lipinski definition) is 4. The van der Waals surface area contributed by atoms with E-state index in [0.717, 1.165) is 22.2 Å². The molecule has 0 spiro atoms. The average molecular weight is 349 g/mol. The maximum atomic E-state index is 12.2. The lowest BCUT2D eigenvalue weighted by molar-refractivity contribution is 0.0943. The van der Waals surface area contributed by atoms with Gasteiger partial charge in [0.05, 0.1) is 11.6 Å². The summed E-state index contributed by atoms with van der Waals surface area (Å²) in [5, 5.41) is 2.90. The van der Waals surface area contributed by atoms with Gasteiger partial charge in [0.15, 0.2) is 5.75 Å². The van der Waals surface area contributed by atoms with Crippen LogP contribution < -0.4 is 15.8 Å². The van der Waals surface area contributed by atoms with E-state index < -0.39 is 0 Å². The Labute approximate surface area is 126 Å². The van der Waals surface area contributed by atoms with Gasteiger partial charge in [-0.15, -0.1) is 11.3 Å². The van der Waals surface area contributed by atoms with Gasteiger partial charge in [0.1, 0.15) is 4.88 Å². The smallest absolute Gasteiger partial charge is 0.265 e. The van der Waals surface area contributed by atoms with Crippen LogP contribution in [0.3, 0.4) is 0 Å². The van der Waals surface area contributed by atoms with Crippen LogP contribution in [0.25, 0.3) is 0 Å². The second-order valence-corrected chi connectivity index (χ2v) is 6.60. The van der Waals surface area contributed by atoms with Gasteiger partial charge in [0.2, 0.25) is 0 Å². The van der Waals surface area contributed by atoms with E-state index in [4.69, 9.17) is 10.5 Å². The minimum atomic E-state index is -0.341. The van der Waals surface area contributed by atoms with Crippen LogP contribution in [0.15, 0.2) is 4.47 Å². The maximum Gasteiger partial charge on any atom is 0.265 e. The van der Waals surface area contributed by atoms with E-state index >= 15 is 0 Å².